The van der Waals surface area contributed by atoms with E-state index in [2.05, 4.69) is 45.7 Å². The van der Waals surface area contributed by atoms with Gasteiger partial charge in [0.15, 0.2) is 11.5 Å². The SMILES string of the molecule is CCc1[c-]csc1-c1cc(CCOCCCCBr)c(-c2scc3c2OCCO3)s1.[CH3-].[U+2]. The van der Waals surface area contributed by atoms with Gasteiger partial charge in [-0.3, -0.25) is 11.3 Å². The van der Waals surface area contributed by atoms with Crippen LogP contribution in [0, 0.1) is 44.6 Å². The predicted molar refractivity (Wildman–Crippen MR) is 134 cm³/mol. The Hall–Kier alpha value is 0.192. The average Bonchev–Trinajstić information content (AvgIpc) is 3.47. The van der Waals surface area contributed by atoms with E-state index in [9.17, 15) is 0 Å². The topological polar surface area (TPSA) is 27.7 Å². The Bertz CT molecular complexity index is 935. The molecule has 0 bridgehead atoms. The van der Waals surface area contributed by atoms with Gasteiger partial charge in [-0.1, -0.05) is 35.3 Å². The maximum Gasteiger partial charge on any atom is 2.00 e. The van der Waals surface area contributed by atoms with Crippen LogP contribution in [0.5, 0.6) is 11.5 Å². The van der Waals surface area contributed by atoms with E-state index in [1.54, 1.807) is 22.7 Å². The second-order valence-corrected chi connectivity index (χ2v) is 10.3. The van der Waals surface area contributed by atoms with Gasteiger partial charge in [0.05, 0.1) is 16.4 Å². The van der Waals surface area contributed by atoms with Crippen LogP contribution in [0.3, 0.4) is 0 Å². The molecule has 1 aliphatic heterocycles. The zero-order chi connectivity index (χ0) is 20.1. The first-order valence-electron chi connectivity index (χ1n) is 9.94. The van der Waals surface area contributed by atoms with Crippen LogP contribution >= 0.6 is 49.9 Å². The van der Waals surface area contributed by atoms with E-state index < -0.39 is 0 Å². The molecule has 0 saturated carbocycles. The molecule has 8 heteroatoms. The fraction of sp³-hybridized carbons (Fsp3) is 0.435. The molecule has 0 amide bonds. The number of hydrogen-bond acceptors (Lipinski definition) is 6. The Morgan fingerprint density at radius 1 is 1.10 bits per heavy atom. The number of alkyl halides is 1. The second kappa shape index (κ2) is 13.8. The number of fused-ring (bicyclic) bond motifs is 1. The number of halogens is 1. The summed E-state index contributed by atoms with van der Waals surface area (Å²) >= 11 is 8.82. The Morgan fingerprint density at radius 3 is 2.74 bits per heavy atom. The van der Waals surface area contributed by atoms with Crippen molar-refractivity contribution < 1.29 is 45.3 Å². The standard InChI is InChI=1S/C22H24BrO3S3.CH3.U/c1-2-15-6-12-27-20(15)18-13-16(5-9-24-8-4-3-7-23)21(29-18)22-19-17(14-28-22)25-10-11-26-19;;/h12-14H,2-5,7-11H2,1H3;1H3;/q2*-1;+2. The van der Waals surface area contributed by atoms with Crippen molar-refractivity contribution >= 4 is 49.9 Å². The number of rotatable bonds is 10. The molecule has 4 rings (SSSR count). The van der Waals surface area contributed by atoms with Crippen molar-refractivity contribution in [3.8, 4) is 31.0 Å². The largest absolute Gasteiger partial charge is 2.00 e. The van der Waals surface area contributed by atoms with Crippen LogP contribution in [0.15, 0.2) is 16.8 Å². The fourth-order valence-electron chi connectivity index (χ4n) is 3.29. The van der Waals surface area contributed by atoms with Gasteiger partial charge in [0, 0.05) is 17.3 Å². The van der Waals surface area contributed by atoms with Crippen LogP contribution in [0.1, 0.15) is 30.9 Å². The third-order valence-corrected chi connectivity index (χ3v) is 8.69. The molecule has 4 heterocycles. The van der Waals surface area contributed by atoms with Gasteiger partial charge in [-0.25, -0.2) is 11.6 Å². The molecule has 1 aliphatic rings. The molecule has 0 saturated heterocycles. The maximum absolute atomic E-state index is 5.97. The molecule has 3 aromatic rings. The molecule has 31 heavy (non-hydrogen) atoms. The molecule has 166 valence electrons. The van der Waals surface area contributed by atoms with E-state index >= 15 is 0 Å². The van der Waals surface area contributed by atoms with Crippen LogP contribution < -0.4 is 9.47 Å². The normalized spacial score (nSPS) is 12.3. The van der Waals surface area contributed by atoms with E-state index in [4.69, 9.17) is 14.2 Å². The fourth-order valence-corrected chi connectivity index (χ4v) is 7.08. The second-order valence-electron chi connectivity index (χ2n) is 6.72. The molecule has 0 aromatic carbocycles. The third kappa shape index (κ3) is 6.62. The summed E-state index contributed by atoms with van der Waals surface area (Å²) in [5.41, 5.74) is 2.63. The number of thiophene rings is 3. The van der Waals surface area contributed by atoms with Gasteiger partial charge in [-0.2, -0.15) is 11.3 Å². The van der Waals surface area contributed by atoms with E-state index in [0.29, 0.717) is 13.2 Å². The summed E-state index contributed by atoms with van der Waals surface area (Å²) in [7, 11) is 0. The van der Waals surface area contributed by atoms with E-state index in [1.807, 2.05) is 11.3 Å². The zero-order valence-electron chi connectivity index (χ0n) is 17.9. The van der Waals surface area contributed by atoms with E-state index in [-0.39, 0.29) is 38.5 Å². The maximum atomic E-state index is 5.97. The molecule has 3 aromatic heterocycles. The van der Waals surface area contributed by atoms with Gasteiger partial charge in [-0.05, 0) is 29.7 Å². The molecular formula is C23H27BrO3S3U. The van der Waals surface area contributed by atoms with Gasteiger partial charge >= 0.3 is 31.1 Å². The summed E-state index contributed by atoms with van der Waals surface area (Å²) in [5.74, 6) is 1.78. The summed E-state index contributed by atoms with van der Waals surface area (Å²) in [6.07, 6.45) is 4.16. The van der Waals surface area contributed by atoms with Crippen LogP contribution in [0.4, 0.5) is 0 Å². The van der Waals surface area contributed by atoms with Crippen molar-refractivity contribution in [1.29, 1.82) is 0 Å². The summed E-state index contributed by atoms with van der Waals surface area (Å²) in [5, 5.41) is 5.18. The van der Waals surface area contributed by atoms with Crippen molar-refractivity contribution in [2.75, 3.05) is 31.8 Å². The summed E-state index contributed by atoms with van der Waals surface area (Å²) in [6.45, 7) is 5.00. The minimum atomic E-state index is 0. The van der Waals surface area contributed by atoms with Crippen molar-refractivity contribution in [3.05, 3.63) is 41.4 Å². The van der Waals surface area contributed by atoms with E-state index in [0.717, 1.165) is 55.7 Å². The van der Waals surface area contributed by atoms with Crippen molar-refractivity contribution in [3.63, 3.8) is 0 Å². The van der Waals surface area contributed by atoms with Crippen LogP contribution in [0.2, 0.25) is 0 Å². The van der Waals surface area contributed by atoms with Crippen molar-refractivity contribution in [1.82, 2.24) is 0 Å². The molecule has 3 nitrogen and oxygen atoms in total. The number of aryl methyl sites for hydroxylation is 1. The Labute approximate surface area is 230 Å². The average molecular weight is 766 g/mol. The van der Waals surface area contributed by atoms with E-state index in [1.165, 1.54) is 30.6 Å². The van der Waals surface area contributed by atoms with Gasteiger partial charge in [-0.15, -0.1) is 21.6 Å². The van der Waals surface area contributed by atoms with Gasteiger partial charge in [0.25, 0.3) is 0 Å². The third-order valence-electron chi connectivity index (χ3n) is 4.77. The summed E-state index contributed by atoms with van der Waals surface area (Å²) in [6, 6.07) is 5.74. The smallest absolute Gasteiger partial charge is 0.485 e. The van der Waals surface area contributed by atoms with Gasteiger partial charge < -0.3 is 21.6 Å². The first kappa shape index (κ1) is 27.4. The summed E-state index contributed by atoms with van der Waals surface area (Å²) < 4.78 is 17.6. The zero-order valence-corrected chi connectivity index (χ0v) is 26.1. The minimum Gasteiger partial charge on any atom is -0.485 e. The number of hydrogen-bond donors (Lipinski definition) is 0. The Morgan fingerprint density at radius 2 is 1.94 bits per heavy atom. The number of unbranched alkanes of at least 4 members (excludes halogenated alkanes) is 1. The molecular weight excluding hydrogens is 738 g/mol. The Balaban J connectivity index is 0.00000171. The van der Waals surface area contributed by atoms with Crippen LogP contribution in [0.25, 0.3) is 19.5 Å². The first-order chi connectivity index (χ1) is 14.3. The molecule has 0 atom stereocenters. The van der Waals surface area contributed by atoms with Crippen LogP contribution in [-0.2, 0) is 17.6 Å². The van der Waals surface area contributed by atoms with Gasteiger partial charge in [0.1, 0.15) is 13.2 Å². The van der Waals surface area contributed by atoms with Crippen LogP contribution in [-0.4, -0.2) is 31.8 Å². The van der Waals surface area contributed by atoms with Crippen molar-refractivity contribution in [2.24, 2.45) is 0 Å². The van der Waals surface area contributed by atoms with Crippen molar-refractivity contribution in [2.45, 2.75) is 32.6 Å². The summed E-state index contributed by atoms with van der Waals surface area (Å²) in [4.78, 5) is 5.13. The molecule has 0 aliphatic carbocycles. The Kier molecular flexibility index (Phi) is 12.2. The molecule has 0 radical (unpaired) electrons. The molecule has 0 spiro atoms. The van der Waals surface area contributed by atoms with Gasteiger partial charge in [0.2, 0.25) is 0 Å². The first-order valence-corrected chi connectivity index (χ1v) is 13.6. The monoisotopic (exact) mass is 764 g/mol. The molecule has 0 fully saturated rings. The molecule has 0 N–H and O–H groups in total. The predicted octanol–water partition coefficient (Wildman–Crippen LogP) is 7.52. The molecule has 0 unspecified atom stereocenters. The minimum absolute atomic E-state index is 0. The quantitative estimate of drug-likeness (QED) is 0.122. The number of ether oxygens (including phenoxy) is 3.